The summed E-state index contributed by atoms with van der Waals surface area (Å²) in [7, 11) is 0. The maximum atomic E-state index is 12.1. The average Bonchev–Trinajstić information content (AvgIpc) is 3.23. The lowest BCUT2D eigenvalue weighted by Gasteiger charge is -2.37. The van der Waals surface area contributed by atoms with Crippen molar-refractivity contribution < 1.29 is 29.0 Å². The molecular weight excluding hydrogens is 432 g/mol. The van der Waals surface area contributed by atoms with Crippen LogP contribution in [0.3, 0.4) is 0 Å². The van der Waals surface area contributed by atoms with Crippen molar-refractivity contribution in [1.82, 2.24) is 24.7 Å². The molecule has 3 aliphatic rings. The number of rotatable bonds is 4. The van der Waals surface area contributed by atoms with Crippen LogP contribution in [0.5, 0.6) is 0 Å². The number of aromatic nitrogens is 2. The molecule has 12 heteroatoms. The number of nitrogens with zero attached hydrogens (tertiary/aromatic N) is 5. The number of carbonyl (C=O) groups is 3. The van der Waals surface area contributed by atoms with Gasteiger partial charge in [-0.2, -0.15) is 0 Å². The smallest absolute Gasteiger partial charge is 0.407 e. The van der Waals surface area contributed by atoms with E-state index >= 15 is 0 Å². The molecule has 0 saturated carbocycles. The number of ether oxygens (including phenoxy) is 2. The van der Waals surface area contributed by atoms with Crippen LogP contribution in [-0.4, -0.2) is 101 Å². The molecule has 0 aliphatic carbocycles. The van der Waals surface area contributed by atoms with Crippen LogP contribution in [0.15, 0.2) is 24.5 Å². The normalized spacial score (nSPS) is 24.8. The fraction of sp³-hybridized carbons (Fsp3) is 0.524. The van der Waals surface area contributed by atoms with E-state index in [1.807, 2.05) is 22.9 Å². The lowest BCUT2D eigenvalue weighted by molar-refractivity contribution is -0.204. The zero-order chi connectivity index (χ0) is 22.9. The van der Waals surface area contributed by atoms with E-state index in [1.165, 1.54) is 9.80 Å². The van der Waals surface area contributed by atoms with Crippen LogP contribution in [0, 0.1) is 0 Å². The second-order valence-corrected chi connectivity index (χ2v) is 8.40. The van der Waals surface area contributed by atoms with Crippen LogP contribution in [0.1, 0.15) is 12.5 Å². The molecule has 0 bridgehead atoms. The molecule has 2 aromatic heterocycles. The van der Waals surface area contributed by atoms with Crippen LogP contribution in [-0.2, 0) is 14.3 Å². The van der Waals surface area contributed by atoms with E-state index < -0.39 is 12.1 Å². The molecule has 12 nitrogen and oxygen atoms in total. The summed E-state index contributed by atoms with van der Waals surface area (Å²) in [6.07, 6.45) is 2.61. The second-order valence-electron chi connectivity index (χ2n) is 8.40. The van der Waals surface area contributed by atoms with Crippen molar-refractivity contribution in [3.8, 4) is 0 Å². The molecule has 0 radical (unpaired) electrons. The van der Waals surface area contributed by atoms with Gasteiger partial charge in [-0.15, -0.1) is 0 Å². The molecule has 2 aromatic rings. The maximum Gasteiger partial charge on any atom is 0.407 e. The van der Waals surface area contributed by atoms with Gasteiger partial charge < -0.3 is 24.0 Å². The molecule has 2 N–H and O–H groups in total. The van der Waals surface area contributed by atoms with E-state index in [-0.39, 0.29) is 24.7 Å². The summed E-state index contributed by atoms with van der Waals surface area (Å²) in [5, 5.41) is 12.3. The lowest BCUT2D eigenvalue weighted by atomic mass is 10.2. The molecule has 3 aliphatic heterocycles. The number of anilines is 1. The number of pyridine rings is 1. The van der Waals surface area contributed by atoms with E-state index in [2.05, 4.69) is 15.2 Å². The molecular formula is C21H26N6O6. The zero-order valence-corrected chi connectivity index (χ0v) is 18.1. The summed E-state index contributed by atoms with van der Waals surface area (Å²) in [6, 6.07) is 3.36. The van der Waals surface area contributed by atoms with Crippen molar-refractivity contribution in [1.29, 1.82) is 0 Å². The number of imide groups is 1. The predicted octanol–water partition coefficient (Wildman–Crippen LogP) is 0.692. The van der Waals surface area contributed by atoms with E-state index in [0.29, 0.717) is 58.2 Å². The van der Waals surface area contributed by atoms with Gasteiger partial charge >= 0.3 is 12.1 Å². The first-order valence-corrected chi connectivity index (χ1v) is 11.0. The van der Waals surface area contributed by atoms with Gasteiger partial charge in [-0.1, -0.05) is 0 Å². The fourth-order valence-electron chi connectivity index (χ4n) is 4.42. The monoisotopic (exact) mass is 458 g/mol. The SMILES string of the molecule is O=C1CCN(c2cnc3c(ccn3C3COC(CN4CCN(C(=O)O)CC4)OC3)c2)C(=O)N1. The summed E-state index contributed by atoms with van der Waals surface area (Å²) in [6.45, 7) is 4.19. The largest absolute Gasteiger partial charge is 0.465 e. The standard InChI is InChI=1S/C21H26N6O6/c28-17-2-4-27(20(29)23-17)15-9-14-1-3-26(19(14)22-10-15)16-12-32-18(33-13-16)11-24-5-7-25(8-6-24)21(30)31/h1,3,9-10,16,18H,2,4-8,11-13H2,(H,30,31)(H,23,28,29). The average molecular weight is 458 g/mol. The van der Waals surface area contributed by atoms with Gasteiger partial charge in [0, 0.05) is 57.3 Å². The van der Waals surface area contributed by atoms with E-state index in [9.17, 15) is 14.4 Å². The first-order valence-electron chi connectivity index (χ1n) is 11.0. The van der Waals surface area contributed by atoms with Crippen molar-refractivity contribution in [3.63, 3.8) is 0 Å². The first-order chi connectivity index (χ1) is 16.0. The molecule has 0 atom stereocenters. The van der Waals surface area contributed by atoms with E-state index in [0.717, 1.165) is 11.0 Å². The number of hydrogen-bond donors (Lipinski definition) is 2. The van der Waals surface area contributed by atoms with Gasteiger partial charge in [-0.3, -0.25) is 19.9 Å². The Labute approximate surface area is 189 Å². The Morgan fingerprint density at radius 3 is 2.61 bits per heavy atom. The Morgan fingerprint density at radius 1 is 1.15 bits per heavy atom. The molecule has 33 heavy (non-hydrogen) atoms. The summed E-state index contributed by atoms with van der Waals surface area (Å²) in [5.41, 5.74) is 1.41. The van der Waals surface area contributed by atoms with Crippen molar-refractivity contribution in [2.24, 2.45) is 0 Å². The maximum absolute atomic E-state index is 12.1. The highest BCUT2D eigenvalue weighted by Gasteiger charge is 2.29. The van der Waals surface area contributed by atoms with Crippen LogP contribution in [0.25, 0.3) is 11.0 Å². The third-order valence-corrected chi connectivity index (χ3v) is 6.30. The van der Waals surface area contributed by atoms with Crippen molar-refractivity contribution in [2.45, 2.75) is 18.8 Å². The quantitative estimate of drug-likeness (QED) is 0.685. The number of carboxylic acid groups (broad SMARTS) is 1. The molecule has 0 aromatic carbocycles. The zero-order valence-electron chi connectivity index (χ0n) is 18.1. The van der Waals surface area contributed by atoms with Gasteiger partial charge in [0.05, 0.1) is 31.1 Å². The highest BCUT2D eigenvalue weighted by atomic mass is 16.7. The molecule has 4 amide bonds. The number of carbonyl (C=O) groups excluding carboxylic acids is 2. The third kappa shape index (κ3) is 4.49. The topological polar surface area (TPSA) is 129 Å². The number of nitrogens with one attached hydrogen (secondary N) is 1. The van der Waals surface area contributed by atoms with Crippen molar-refractivity contribution in [3.05, 3.63) is 24.5 Å². The Morgan fingerprint density at radius 2 is 1.91 bits per heavy atom. The van der Waals surface area contributed by atoms with E-state index in [4.69, 9.17) is 14.6 Å². The minimum absolute atomic E-state index is 0.0307. The molecule has 3 saturated heterocycles. The van der Waals surface area contributed by atoms with Gasteiger partial charge in [0.2, 0.25) is 5.91 Å². The molecule has 5 rings (SSSR count). The Hall–Kier alpha value is -3.22. The van der Waals surface area contributed by atoms with Crippen LogP contribution in [0.2, 0.25) is 0 Å². The molecule has 0 spiro atoms. The fourth-order valence-corrected chi connectivity index (χ4v) is 4.42. The summed E-state index contributed by atoms with van der Waals surface area (Å²) < 4.78 is 13.9. The molecule has 176 valence electrons. The second kappa shape index (κ2) is 8.96. The van der Waals surface area contributed by atoms with Crippen LogP contribution < -0.4 is 10.2 Å². The van der Waals surface area contributed by atoms with Gasteiger partial charge in [0.15, 0.2) is 6.29 Å². The summed E-state index contributed by atoms with van der Waals surface area (Å²) >= 11 is 0. The highest BCUT2D eigenvalue weighted by Crippen LogP contribution is 2.26. The number of fused-ring (bicyclic) bond motifs is 1. The van der Waals surface area contributed by atoms with Crippen molar-refractivity contribution >= 4 is 34.8 Å². The minimum atomic E-state index is -0.878. The summed E-state index contributed by atoms with van der Waals surface area (Å²) in [5.74, 6) is -0.269. The van der Waals surface area contributed by atoms with Crippen molar-refractivity contribution in [2.75, 3.05) is 57.4 Å². The van der Waals surface area contributed by atoms with Crippen LogP contribution >= 0.6 is 0 Å². The molecule has 5 heterocycles. The molecule has 3 fully saturated rings. The predicted molar refractivity (Wildman–Crippen MR) is 116 cm³/mol. The van der Waals surface area contributed by atoms with Gasteiger partial charge in [0.25, 0.3) is 0 Å². The Kier molecular flexibility index (Phi) is 5.87. The van der Waals surface area contributed by atoms with E-state index in [1.54, 1.807) is 6.20 Å². The lowest BCUT2D eigenvalue weighted by Crippen LogP contribution is -2.51. The number of amides is 4. The van der Waals surface area contributed by atoms with Gasteiger partial charge in [0.1, 0.15) is 5.65 Å². The third-order valence-electron chi connectivity index (χ3n) is 6.30. The molecule has 0 unspecified atom stereocenters. The Balaban J connectivity index is 1.18. The number of hydrogen-bond acceptors (Lipinski definition) is 7. The number of piperazine rings is 1. The minimum Gasteiger partial charge on any atom is -0.465 e. The highest BCUT2D eigenvalue weighted by molar-refractivity contribution is 6.06. The summed E-state index contributed by atoms with van der Waals surface area (Å²) in [4.78, 5) is 44.2. The van der Waals surface area contributed by atoms with Gasteiger partial charge in [-0.05, 0) is 12.1 Å². The first kappa shape index (κ1) is 21.6. The Bertz CT molecular complexity index is 1060. The number of urea groups is 1. The van der Waals surface area contributed by atoms with Crippen LogP contribution in [0.4, 0.5) is 15.3 Å². The van der Waals surface area contributed by atoms with Gasteiger partial charge in [-0.25, -0.2) is 14.6 Å².